The minimum atomic E-state index is -1.82. The molecule has 1 rings (SSSR count). The Bertz CT molecular complexity index is 612. The first-order valence-corrected chi connectivity index (χ1v) is 8.88. The smallest absolute Gasteiger partial charge is 0.414 e. The third kappa shape index (κ3) is 11.8. The molecule has 0 aromatic heterocycles. The lowest BCUT2D eigenvalue weighted by Crippen LogP contribution is -2.29. The second-order valence-corrected chi connectivity index (χ2v) is 6.14. The summed E-state index contributed by atoms with van der Waals surface area (Å²) in [4.78, 5) is 31.3. The predicted molar refractivity (Wildman–Crippen MR) is 102 cm³/mol. The van der Waals surface area contributed by atoms with Gasteiger partial charge in [0.1, 0.15) is 5.75 Å². The van der Waals surface area contributed by atoms with Crippen LogP contribution in [0.15, 0.2) is 18.2 Å². The molecule has 0 saturated carbocycles. The highest BCUT2D eigenvalue weighted by Crippen LogP contribution is 2.22. The van der Waals surface area contributed by atoms with Crippen LogP contribution in [0.2, 0.25) is 5.02 Å². The average molecular weight is 403 g/mol. The maximum atomic E-state index is 10.8. The third-order valence-corrected chi connectivity index (χ3v) is 3.93. The van der Waals surface area contributed by atoms with Gasteiger partial charge in [-0.15, -0.1) is 0 Å². The first kappa shape index (κ1) is 24.7. The number of hydrogen-bond donors (Lipinski definition) is 3. The molecule has 0 fully saturated rings. The van der Waals surface area contributed by atoms with Crippen LogP contribution in [0.25, 0.3) is 0 Å². The molecule has 0 saturated heterocycles. The topological polar surface area (TPSA) is 130 Å². The zero-order valence-electron chi connectivity index (χ0n) is 15.6. The number of aliphatic carboxylic acids is 2. The summed E-state index contributed by atoms with van der Waals surface area (Å²) in [5, 5.41) is 15.5. The van der Waals surface area contributed by atoms with Gasteiger partial charge < -0.3 is 25.6 Å². The molecule has 8 nitrogen and oxygen atoms in total. The van der Waals surface area contributed by atoms with E-state index in [-0.39, 0.29) is 5.91 Å². The highest BCUT2D eigenvalue weighted by Gasteiger charge is 2.08. The second kappa shape index (κ2) is 13.8. The number of primary amides is 1. The van der Waals surface area contributed by atoms with Crippen LogP contribution < -0.4 is 10.5 Å². The van der Waals surface area contributed by atoms with E-state index in [1.54, 1.807) is 7.11 Å². The predicted octanol–water partition coefficient (Wildman–Crippen LogP) is 2.02. The molecule has 9 heteroatoms. The number of carbonyl (C=O) groups excluding carboxylic acids is 1. The number of halogens is 1. The van der Waals surface area contributed by atoms with Crippen LogP contribution in [0.4, 0.5) is 0 Å². The van der Waals surface area contributed by atoms with E-state index in [1.807, 2.05) is 18.2 Å². The molecular weight excluding hydrogens is 376 g/mol. The summed E-state index contributed by atoms with van der Waals surface area (Å²) in [6.07, 6.45) is 3.24. The van der Waals surface area contributed by atoms with Crippen LogP contribution in [-0.2, 0) is 20.8 Å². The maximum absolute atomic E-state index is 10.8. The number of nitrogens with zero attached hydrogens (tertiary/aromatic N) is 1. The van der Waals surface area contributed by atoms with Crippen molar-refractivity contribution in [1.82, 2.24) is 4.90 Å². The molecule has 0 heterocycles. The van der Waals surface area contributed by atoms with E-state index in [4.69, 9.17) is 41.9 Å². The van der Waals surface area contributed by atoms with E-state index in [0.29, 0.717) is 6.42 Å². The molecule has 0 aliphatic carbocycles. The quantitative estimate of drug-likeness (QED) is 0.510. The number of carboxylic acids is 2. The molecular formula is C18H27ClN2O6. The van der Waals surface area contributed by atoms with Crippen molar-refractivity contribution in [2.75, 3.05) is 26.7 Å². The summed E-state index contributed by atoms with van der Waals surface area (Å²) in [5.74, 6) is -3.11. The summed E-state index contributed by atoms with van der Waals surface area (Å²) < 4.78 is 5.15. The van der Waals surface area contributed by atoms with Gasteiger partial charge in [-0.25, -0.2) is 9.59 Å². The Morgan fingerprint density at radius 2 is 1.78 bits per heavy atom. The molecule has 27 heavy (non-hydrogen) atoms. The Kier molecular flexibility index (Phi) is 12.6. The van der Waals surface area contributed by atoms with E-state index < -0.39 is 11.9 Å². The van der Waals surface area contributed by atoms with E-state index in [0.717, 1.165) is 55.2 Å². The number of nitrogens with two attached hydrogens (primary N) is 1. The lowest BCUT2D eigenvalue weighted by atomic mass is 10.1. The number of hydrogen-bond acceptors (Lipinski definition) is 5. The monoisotopic (exact) mass is 402 g/mol. The van der Waals surface area contributed by atoms with Crippen LogP contribution in [0.1, 0.15) is 31.7 Å². The van der Waals surface area contributed by atoms with Crippen molar-refractivity contribution in [3.63, 3.8) is 0 Å². The van der Waals surface area contributed by atoms with Crippen LogP contribution in [0.5, 0.6) is 5.75 Å². The van der Waals surface area contributed by atoms with E-state index in [9.17, 15) is 4.79 Å². The summed E-state index contributed by atoms with van der Waals surface area (Å²) in [5.41, 5.74) is 6.30. The molecule has 1 aromatic carbocycles. The minimum absolute atomic E-state index is 0.232. The van der Waals surface area contributed by atoms with Gasteiger partial charge in [-0.1, -0.05) is 24.6 Å². The van der Waals surface area contributed by atoms with E-state index in [2.05, 4.69) is 11.8 Å². The van der Waals surface area contributed by atoms with Crippen LogP contribution in [0.3, 0.4) is 0 Å². The Hall–Kier alpha value is -2.32. The molecule has 0 spiro atoms. The fourth-order valence-electron chi connectivity index (χ4n) is 2.26. The highest BCUT2D eigenvalue weighted by atomic mass is 35.5. The number of carbonyl (C=O) groups is 3. The number of amides is 1. The van der Waals surface area contributed by atoms with Crippen molar-refractivity contribution >= 4 is 29.4 Å². The molecule has 152 valence electrons. The van der Waals surface area contributed by atoms with Gasteiger partial charge >= 0.3 is 11.9 Å². The molecule has 1 aromatic rings. The zero-order valence-corrected chi connectivity index (χ0v) is 16.4. The summed E-state index contributed by atoms with van der Waals surface area (Å²) in [7, 11) is 1.63. The van der Waals surface area contributed by atoms with Crippen molar-refractivity contribution in [1.29, 1.82) is 0 Å². The fraction of sp³-hybridized carbons (Fsp3) is 0.500. The SMILES string of the molecule is CCCN(CCCC(N)=O)CCc1ccc(OC)cc1Cl.O=C(O)C(=O)O. The van der Waals surface area contributed by atoms with Gasteiger partial charge in [0, 0.05) is 18.0 Å². The summed E-state index contributed by atoms with van der Waals surface area (Å²) in [6.45, 7) is 5.00. The second-order valence-electron chi connectivity index (χ2n) is 5.73. The molecule has 4 N–H and O–H groups in total. The Labute approximate surface area is 163 Å². The first-order valence-electron chi connectivity index (χ1n) is 8.50. The molecule has 0 atom stereocenters. The van der Waals surface area contributed by atoms with Crippen molar-refractivity contribution < 1.29 is 29.3 Å². The lowest BCUT2D eigenvalue weighted by molar-refractivity contribution is -0.159. The number of benzene rings is 1. The van der Waals surface area contributed by atoms with Crippen molar-refractivity contribution in [2.45, 2.75) is 32.6 Å². The average Bonchev–Trinajstić information content (AvgIpc) is 2.60. The van der Waals surface area contributed by atoms with Gasteiger partial charge in [-0.3, -0.25) is 4.79 Å². The van der Waals surface area contributed by atoms with Crippen molar-refractivity contribution in [3.05, 3.63) is 28.8 Å². The van der Waals surface area contributed by atoms with Gasteiger partial charge in [0.15, 0.2) is 0 Å². The molecule has 0 aliphatic rings. The standard InChI is InChI=1S/C16H25ClN2O2.C2H2O4/c1-3-9-19(10-4-5-16(18)20)11-8-13-6-7-14(21-2)12-15(13)17;3-1(4)2(5)6/h6-7,12H,3-5,8-11H2,1-2H3,(H2,18,20);(H,3,4)(H,5,6). The molecule has 0 unspecified atom stereocenters. The van der Waals surface area contributed by atoms with Crippen LogP contribution in [-0.4, -0.2) is 59.7 Å². The summed E-state index contributed by atoms with van der Waals surface area (Å²) >= 11 is 6.25. The minimum Gasteiger partial charge on any atom is -0.497 e. The Morgan fingerprint density at radius 1 is 1.15 bits per heavy atom. The number of rotatable bonds is 10. The van der Waals surface area contributed by atoms with Gasteiger partial charge in [0.25, 0.3) is 0 Å². The van der Waals surface area contributed by atoms with Crippen LogP contribution >= 0.6 is 11.6 Å². The largest absolute Gasteiger partial charge is 0.497 e. The zero-order chi connectivity index (χ0) is 20.8. The van der Waals surface area contributed by atoms with Gasteiger partial charge in [0.05, 0.1) is 7.11 Å². The molecule has 0 radical (unpaired) electrons. The van der Waals surface area contributed by atoms with Gasteiger partial charge in [-0.05, 0) is 50.0 Å². The van der Waals surface area contributed by atoms with Gasteiger partial charge in [0.2, 0.25) is 5.91 Å². The molecule has 1 amide bonds. The van der Waals surface area contributed by atoms with E-state index >= 15 is 0 Å². The number of methoxy groups -OCH3 is 1. The van der Waals surface area contributed by atoms with E-state index in [1.165, 1.54) is 0 Å². The fourth-order valence-corrected chi connectivity index (χ4v) is 2.53. The van der Waals surface area contributed by atoms with Gasteiger partial charge in [-0.2, -0.15) is 0 Å². The molecule has 0 bridgehead atoms. The maximum Gasteiger partial charge on any atom is 0.414 e. The van der Waals surface area contributed by atoms with Crippen LogP contribution in [0, 0.1) is 0 Å². The third-order valence-electron chi connectivity index (χ3n) is 3.58. The normalized spacial score (nSPS) is 10.1. The Balaban J connectivity index is 0.000000972. The summed E-state index contributed by atoms with van der Waals surface area (Å²) in [6, 6.07) is 5.78. The number of carboxylic acid groups (broad SMARTS) is 2. The van der Waals surface area contributed by atoms with Crippen molar-refractivity contribution in [3.8, 4) is 5.75 Å². The lowest BCUT2D eigenvalue weighted by Gasteiger charge is -2.21. The first-order chi connectivity index (χ1) is 12.7. The number of ether oxygens (including phenoxy) is 1. The molecule has 0 aliphatic heterocycles. The Morgan fingerprint density at radius 3 is 2.22 bits per heavy atom. The highest BCUT2D eigenvalue weighted by molar-refractivity contribution is 6.31. The van der Waals surface area contributed by atoms with Crippen molar-refractivity contribution in [2.24, 2.45) is 5.73 Å².